The molecule has 5 heterocycles. The first-order valence-corrected chi connectivity index (χ1v) is 20.6. The molecule has 1 atom stereocenters. The van der Waals surface area contributed by atoms with Crippen LogP contribution in [-0.2, 0) is 31.6 Å². The highest BCUT2D eigenvalue weighted by Gasteiger charge is 2.53. The van der Waals surface area contributed by atoms with Gasteiger partial charge in [-0.15, -0.1) is 0 Å². The molecule has 0 N–H and O–H groups in total. The van der Waals surface area contributed by atoms with E-state index in [0.717, 1.165) is 5.39 Å². The number of benzene rings is 6. The van der Waals surface area contributed by atoms with Crippen LogP contribution in [0.5, 0.6) is 5.75 Å². The Bertz CT molecular complexity index is 3450. The third-order valence-corrected chi connectivity index (χ3v) is 12.5. The Morgan fingerprint density at radius 3 is 1.55 bits per heavy atom. The molecule has 0 amide bonds. The van der Waals surface area contributed by atoms with E-state index in [1.165, 1.54) is 30.3 Å². The molecule has 6 aromatic rings. The van der Waals surface area contributed by atoms with Crippen LogP contribution in [-0.4, -0.2) is 85.7 Å². The second-order valence-electron chi connectivity index (χ2n) is 13.7. The molecule has 0 saturated heterocycles. The van der Waals surface area contributed by atoms with E-state index in [1.54, 1.807) is 36.4 Å². The Morgan fingerprint density at radius 1 is 0.554 bits per heavy atom. The van der Waals surface area contributed by atoms with Crippen LogP contribution in [0.15, 0.2) is 121 Å². The first-order valence-electron chi connectivity index (χ1n) is 16.8. The van der Waals surface area contributed by atoms with Gasteiger partial charge in [-0.2, -0.15) is 4.99 Å². The summed E-state index contributed by atoms with van der Waals surface area (Å²) in [6.45, 7) is 1.45. The van der Waals surface area contributed by atoms with Crippen molar-refractivity contribution >= 4 is 106 Å². The molecular weight excluding hydrogens is 779 g/mol. The van der Waals surface area contributed by atoms with Crippen molar-refractivity contribution in [1.82, 2.24) is 0 Å². The number of hydrogen-bond acceptors (Lipinski definition) is 13. The lowest BCUT2D eigenvalue weighted by Gasteiger charge is -2.16. The van der Waals surface area contributed by atoms with Crippen LogP contribution in [0.4, 0.5) is 0 Å². The summed E-state index contributed by atoms with van der Waals surface area (Å²) in [7, 11) is -9.49. The van der Waals surface area contributed by atoms with E-state index in [4.69, 9.17) is 24.2 Å². The Hall–Kier alpha value is -6.09. The van der Waals surface area contributed by atoms with E-state index in [2.05, 4.69) is 0 Å². The van der Waals surface area contributed by atoms with Gasteiger partial charge in [0.2, 0.25) is 11.7 Å². The minimum Gasteiger partial charge on any atom is -0.744 e. The van der Waals surface area contributed by atoms with Gasteiger partial charge in [-0.05, 0) is 112 Å². The van der Waals surface area contributed by atoms with Crippen molar-refractivity contribution in [3.63, 3.8) is 0 Å². The van der Waals surface area contributed by atoms with Crippen molar-refractivity contribution < 1.29 is 47.9 Å². The minimum absolute atomic E-state index is 0.118. The Balaban J connectivity index is 1.23. The molecule has 1 unspecified atom stereocenters. The molecular formula is C37H18BN6O9S3-. The summed E-state index contributed by atoms with van der Waals surface area (Å²) in [5.74, 6) is 2.75. The molecule has 0 aliphatic carbocycles. The molecule has 11 rings (SSSR count). The number of aliphatic imine (C=N–C) groups is 4. The highest BCUT2D eigenvalue weighted by Crippen LogP contribution is 2.37. The number of hydrogen-bond donors (Lipinski definition) is 0. The normalized spacial score (nSPS) is 17.1. The number of amidine groups is 6. The lowest BCUT2D eigenvalue weighted by atomic mass is 9.76. The van der Waals surface area contributed by atoms with Crippen molar-refractivity contribution in [1.29, 1.82) is 0 Å². The fourth-order valence-electron chi connectivity index (χ4n) is 8.07. The number of fused-ring (bicyclic) bond motifs is 13. The monoisotopic (exact) mass is 797 g/mol. The molecule has 0 fully saturated rings. The SMILES string of the molecule is CB1[N+]2=C3N=C4N=C(N=C5c6cc7ccc(S(=O)(=O)[O-])cc7cc6C(=[N+]15)N=C2c1cc2ccc(S(=O)(=O)[O-])cc2cc13)c1cc2ccc(OS(=O)[O-])cc2cc14. The number of rotatable bonds is 4. The Kier molecular flexibility index (Phi) is 6.55. The lowest BCUT2D eigenvalue weighted by Crippen LogP contribution is -2.50. The molecule has 19 heteroatoms. The van der Waals surface area contributed by atoms with Gasteiger partial charge in [-0.25, -0.2) is 30.0 Å². The number of nitrogens with zero attached hydrogens (tertiary/aromatic N) is 6. The highest BCUT2D eigenvalue weighted by atomic mass is 32.2. The maximum Gasteiger partial charge on any atom is 0.547 e. The maximum absolute atomic E-state index is 12.0. The van der Waals surface area contributed by atoms with Gasteiger partial charge >= 0.3 is 6.98 Å². The van der Waals surface area contributed by atoms with Crippen LogP contribution >= 0.6 is 0 Å². The summed E-state index contributed by atoms with van der Waals surface area (Å²) in [6.07, 6.45) is 0. The van der Waals surface area contributed by atoms with Gasteiger partial charge in [0.15, 0.2) is 0 Å². The van der Waals surface area contributed by atoms with E-state index >= 15 is 0 Å². The van der Waals surface area contributed by atoms with E-state index in [1.807, 2.05) is 40.1 Å². The second kappa shape index (κ2) is 11.0. The smallest absolute Gasteiger partial charge is 0.547 e. The fourth-order valence-corrected chi connectivity index (χ4v) is 9.34. The minimum atomic E-state index is -4.75. The zero-order valence-corrected chi connectivity index (χ0v) is 30.8. The molecule has 272 valence electrons. The van der Waals surface area contributed by atoms with Crippen LogP contribution in [0, 0.1) is 0 Å². The van der Waals surface area contributed by atoms with Crippen molar-refractivity contribution in [2.24, 2.45) is 20.0 Å². The highest BCUT2D eigenvalue weighted by molar-refractivity contribution is 7.86. The zero-order valence-electron chi connectivity index (χ0n) is 28.3. The summed E-state index contributed by atoms with van der Waals surface area (Å²) < 4.78 is 103. The van der Waals surface area contributed by atoms with Crippen molar-refractivity contribution in [3.8, 4) is 5.75 Å². The van der Waals surface area contributed by atoms with E-state index in [-0.39, 0.29) is 15.5 Å². The summed E-state index contributed by atoms with van der Waals surface area (Å²) >= 11 is -2.78. The second-order valence-corrected chi connectivity index (χ2v) is 17.0. The molecule has 0 spiro atoms. The first kappa shape index (κ1) is 33.3. The van der Waals surface area contributed by atoms with E-state index < -0.39 is 38.6 Å². The first-order chi connectivity index (χ1) is 26.7. The fraction of sp³-hybridized carbons (Fsp3) is 0.0270. The standard InChI is InChI=1S/C37H19BN6O9S3/c1-38-43-34-28-12-18-3-6-25(56(50,51)52)10-22(18)16-31(28)37(43)42-36-29-13-19-4-7-24(55(47,48)49)9-21(19)15-30(29)35(44(36)38)41-33-27-14-20-8-23(53-54(45)46)5-2-17(20)11-26(27)32(39-33)40-34/h2-16H,1H3,(H-2,45,46,47,48,49,50,51,52)/p-1. The zero-order chi connectivity index (χ0) is 38.6. The quantitative estimate of drug-likeness (QED) is 0.145. The third-order valence-electron chi connectivity index (χ3n) is 10.5. The van der Waals surface area contributed by atoms with Crippen LogP contribution in [0.25, 0.3) is 32.3 Å². The average molecular weight is 798 g/mol. The topological polar surface area (TPSA) is 219 Å². The largest absolute Gasteiger partial charge is 0.744 e. The van der Waals surface area contributed by atoms with Gasteiger partial charge in [0, 0.05) is 0 Å². The lowest BCUT2D eigenvalue weighted by molar-refractivity contribution is -0.394. The Labute approximate surface area is 319 Å². The van der Waals surface area contributed by atoms with Gasteiger partial charge < -0.3 is 17.8 Å². The van der Waals surface area contributed by atoms with Crippen LogP contribution in [0.1, 0.15) is 33.4 Å². The third kappa shape index (κ3) is 4.76. The Morgan fingerprint density at radius 2 is 1.00 bits per heavy atom. The van der Waals surface area contributed by atoms with Gasteiger partial charge in [-0.3, -0.25) is 0 Å². The summed E-state index contributed by atoms with van der Waals surface area (Å²) in [4.78, 5) is 19.8. The molecule has 0 saturated carbocycles. The van der Waals surface area contributed by atoms with E-state index in [9.17, 15) is 34.7 Å². The summed E-state index contributed by atoms with van der Waals surface area (Å²) in [5.41, 5.74) is 3.85. The predicted octanol–water partition coefficient (Wildman–Crippen LogP) is 3.22. The van der Waals surface area contributed by atoms with Crippen LogP contribution in [0.2, 0.25) is 6.82 Å². The predicted molar refractivity (Wildman–Crippen MR) is 204 cm³/mol. The molecule has 6 aromatic carbocycles. The van der Waals surface area contributed by atoms with Crippen molar-refractivity contribution in [2.75, 3.05) is 0 Å². The summed E-state index contributed by atoms with van der Waals surface area (Å²) in [6, 6.07) is 24.2. The van der Waals surface area contributed by atoms with Crippen molar-refractivity contribution in [3.05, 3.63) is 124 Å². The molecule has 5 aliphatic rings. The molecule has 56 heavy (non-hydrogen) atoms. The summed E-state index contributed by atoms with van der Waals surface area (Å²) in [5, 5.41) is 3.72. The van der Waals surface area contributed by atoms with Gasteiger partial charge in [0.25, 0.3) is 23.3 Å². The van der Waals surface area contributed by atoms with E-state index in [0.29, 0.717) is 95.3 Å². The van der Waals surface area contributed by atoms with Gasteiger partial charge in [0.1, 0.15) is 37.3 Å². The molecule has 5 aliphatic heterocycles. The van der Waals surface area contributed by atoms with Crippen LogP contribution in [0.3, 0.4) is 0 Å². The van der Waals surface area contributed by atoms with Gasteiger partial charge in [0.05, 0.1) is 43.2 Å². The van der Waals surface area contributed by atoms with Crippen molar-refractivity contribution in [2.45, 2.75) is 16.6 Å². The molecule has 4 bridgehead atoms. The van der Waals surface area contributed by atoms with Gasteiger partial charge in [-0.1, -0.05) is 33.2 Å². The molecule has 15 nitrogen and oxygen atoms in total. The average Bonchev–Trinajstić information content (AvgIpc) is 3.74. The maximum atomic E-state index is 12.0. The molecule has 0 radical (unpaired) electrons. The molecule has 0 aromatic heterocycles. The van der Waals surface area contributed by atoms with Crippen LogP contribution < -0.4 is 4.18 Å².